The van der Waals surface area contributed by atoms with Crippen molar-refractivity contribution in [2.45, 2.75) is 5.37 Å². The van der Waals surface area contributed by atoms with Gasteiger partial charge in [0.1, 0.15) is 5.37 Å². The van der Waals surface area contributed by atoms with E-state index in [0.29, 0.717) is 0 Å². The second-order valence-corrected chi connectivity index (χ2v) is 3.63. The summed E-state index contributed by atoms with van der Waals surface area (Å²) in [5, 5.41) is 0.0417. The Balaban J connectivity index is 3.06. The molecule has 4 nitrogen and oxygen atoms in total. The summed E-state index contributed by atoms with van der Waals surface area (Å²) in [7, 11) is -3.21. The minimum absolute atomic E-state index is 0.956. The molecule has 0 aromatic carbocycles. The van der Waals surface area contributed by atoms with E-state index in [1.807, 2.05) is 0 Å². The summed E-state index contributed by atoms with van der Waals surface area (Å²) in [6, 6.07) is 0. The zero-order valence-electron chi connectivity index (χ0n) is 4.56. The van der Waals surface area contributed by atoms with Crippen LogP contribution in [0.5, 0.6) is 0 Å². The molecular weight excluding hydrogens is 140 g/mol. The lowest BCUT2D eigenvalue weighted by Gasteiger charge is -2.04. The molecule has 0 aromatic heterocycles. The molecule has 0 radical (unpaired) electrons. The lowest BCUT2D eigenvalue weighted by molar-refractivity contribution is 0.600. The molecule has 50 valence electrons. The summed E-state index contributed by atoms with van der Waals surface area (Å²) in [4.78, 5) is 3.54. The zero-order valence-corrected chi connectivity index (χ0v) is 5.38. The molecule has 9 heavy (non-hydrogen) atoms. The van der Waals surface area contributed by atoms with Gasteiger partial charge in [0.25, 0.3) is 0 Å². The van der Waals surface area contributed by atoms with E-state index in [2.05, 4.69) is 4.99 Å². The molecule has 1 rings (SSSR count). The summed E-state index contributed by atoms with van der Waals surface area (Å²) in [5.74, 6) is 0. The summed E-state index contributed by atoms with van der Waals surface area (Å²) in [5.41, 5.74) is 5.12. The molecular formula is C4H6N2O2S. The largest absolute Gasteiger partial charge is 0.310 e. The van der Waals surface area contributed by atoms with Crippen molar-refractivity contribution in [3.63, 3.8) is 0 Å². The predicted octanol–water partition coefficient (Wildman–Crippen LogP) is -0.758. The lowest BCUT2D eigenvalue weighted by Crippen LogP contribution is -2.31. The second kappa shape index (κ2) is 1.93. The molecule has 0 aliphatic carbocycles. The summed E-state index contributed by atoms with van der Waals surface area (Å²) < 4.78 is 21.4. The van der Waals surface area contributed by atoms with Crippen LogP contribution in [-0.4, -0.2) is 20.0 Å². The average Bonchev–Trinajstić information content (AvgIpc) is 1.77. The Labute approximate surface area is 53.0 Å². The third kappa shape index (κ3) is 1.17. The molecule has 0 fully saturated rings. The Kier molecular flexibility index (Phi) is 1.38. The second-order valence-electron chi connectivity index (χ2n) is 1.64. The van der Waals surface area contributed by atoms with Crippen LogP contribution in [-0.2, 0) is 9.84 Å². The van der Waals surface area contributed by atoms with Crippen molar-refractivity contribution in [1.82, 2.24) is 0 Å². The van der Waals surface area contributed by atoms with Crippen LogP contribution in [0.4, 0.5) is 0 Å². The Morgan fingerprint density at radius 2 is 2.22 bits per heavy atom. The molecule has 0 spiro atoms. The molecule has 0 saturated heterocycles. The topological polar surface area (TPSA) is 72.5 Å². The molecule has 0 bridgehead atoms. The SMILES string of the molecule is NC1C=NC=CS1(=O)=O. The van der Waals surface area contributed by atoms with Gasteiger partial charge in [-0.1, -0.05) is 0 Å². The Morgan fingerprint density at radius 1 is 1.56 bits per heavy atom. The Hall–Kier alpha value is -0.680. The van der Waals surface area contributed by atoms with Crippen LogP contribution in [0.15, 0.2) is 16.6 Å². The van der Waals surface area contributed by atoms with Crippen LogP contribution >= 0.6 is 0 Å². The first-order valence-electron chi connectivity index (χ1n) is 2.32. The van der Waals surface area contributed by atoms with Crippen molar-refractivity contribution < 1.29 is 8.42 Å². The van der Waals surface area contributed by atoms with Crippen LogP contribution in [0, 0.1) is 0 Å². The maximum atomic E-state index is 10.7. The number of nitrogens with two attached hydrogens (primary N) is 1. The fraction of sp³-hybridized carbons (Fsp3) is 0.250. The van der Waals surface area contributed by atoms with Gasteiger partial charge >= 0.3 is 0 Å². The van der Waals surface area contributed by atoms with E-state index in [9.17, 15) is 8.42 Å². The average molecular weight is 146 g/mol. The third-order valence-corrected chi connectivity index (χ3v) is 2.33. The summed E-state index contributed by atoms with van der Waals surface area (Å²) in [6.07, 6.45) is 2.40. The number of aliphatic imine (C=N–C) groups is 1. The van der Waals surface area contributed by atoms with E-state index >= 15 is 0 Å². The first kappa shape index (κ1) is 6.44. The monoisotopic (exact) mass is 146 g/mol. The molecule has 1 atom stereocenters. The van der Waals surface area contributed by atoms with Gasteiger partial charge in [-0.3, -0.25) is 4.99 Å². The number of hydrogen-bond donors (Lipinski definition) is 1. The standard InChI is InChI=1S/C4H6N2O2S/c5-4-3-6-1-2-9(4,7)8/h1-4H,5H2. The van der Waals surface area contributed by atoms with Crippen molar-refractivity contribution in [1.29, 1.82) is 0 Å². The van der Waals surface area contributed by atoms with Gasteiger partial charge < -0.3 is 5.73 Å². The smallest absolute Gasteiger partial charge is 0.193 e. The first-order chi connectivity index (χ1) is 4.13. The van der Waals surface area contributed by atoms with Crippen molar-refractivity contribution in [2.24, 2.45) is 10.7 Å². The Bertz CT molecular complexity index is 252. The van der Waals surface area contributed by atoms with Crippen LogP contribution in [0.1, 0.15) is 0 Å². The van der Waals surface area contributed by atoms with Gasteiger partial charge in [0, 0.05) is 12.4 Å². The molecule has 1 aliphatic rings. The molecule has 1 heterocycles. The number of sulfone groups is 1. The van der Waals surface area contributed by atoms with Gasteiger partial charge in [0.05, 0.1) is 5.41 Å². The minimum atomic E-state index is -3.21. The maximum Gasteiger partial charge on any atom is 0.193 e. The van der Waals surface area contributed by atoms with Crippen molar-refractivity contribution in [2.75, 3.05) is 0 Å². The van der Waals surface area contributed by atoms with E-state index in [-0.39, 0.29) is 0 Å². The quantitative estimate of drug-likeness (QED) is 0.488. The highest BCUT2D eigenvalue weighted by molar-refractivity contribution is 7.95. The highest BCUT2D eigenvalue weighted by Gasteiger charge is 2.17. The lowest BCUT2D eigenvalue weighted by atomic mass is 10.7. The predicted molar refractivity (Wildman–Crippen MR) is 34.5 cm³/mol. The van der Waals surface area contributed by atoms with Crippen LogP contribution in [0.25, 0.3) is 0 Å². The van der Waals surface area contributed by atoms with Crippen molar-refractivity contribution >= 4 is 16.1 Å². The molecule has 0 amide bonds. The van der Waals surface area contributed by atoms with E-state index < -0.39 is 15.2 Å². The Morgan fingerprint density at radius 3 is 2.56 bits per heavy atom. The van der Waals surface area contributed by atoms with E-state index in [0.717, 1.165) is 5.41 Å². The first-order valence-corrected chi connectivity index (χ1v) is 3.93. The maximum absolute atomic E-state index is 10.7. The van der Waals surface area contributed by atoms with Gasteiger partial charge in [-0.15, -0.1) is 0 Å². The van der Waals surface area contributed by atoms with Crippen molar-refractivity contribution in [3.05, 3.63) is 11.6 Å². The number of nitrogens with zero attached hydrogens (tertiary/aromatic N) is 1. The van der Waals surface area contributed by atoms with E-state index in [1.165, 1.54) is 12.4 Å². The van der Waals surface area contributed by atoms with Gasteiger partial charge in [0.2, 0.25) is 0 Å². The highest BCUT2D eigenvalue weighted by atomic mass is 32.2. The van der Waals surface area contributed by atoms with Crippen LogP contribution in [0.3, 0.4) is 0 Å². The molecule has 0 saturated carbocycles. The van der Waals surface area contributed by atoms with Crippen molar-refractivity contribution in [3.8, 4) is 0 Å². The van der Waals surface area contributed by atoms with Gasteiger partial charge in [-0.05, 0) is 0 Å². The fourth-order valence-electron chi connectivity index (χ4n) is 0.430. The zero-order chi connectivity index (χ0) is 6.91. The molecule has 5 heteroatoms. The van der Waals surface area contributed by atoms with Gasteiger partial charge in [-0.2, -0.15) is 0 Å². The molecule has 2 N–H and O–H groups in total. The summed E-state index contributed by atoms with van der Waals surface area (Å²) in [6.45, 7) is 0. The summed E-state index contributed by atoms with van der Waals surface area (Å²) >= 11 is 0. The third-order valence-electron chi connectivity index (χ3n) is 0.949. The number of rotatable bonds is 0. The highest BCUT2D eigenvalue weighted by Crippen LogP contribution is 2.00. The normalized spacial score (nSPS) is 30.6. The van der Waals surface area contributed by atoms with Gasteiger partial charge in [0.15, 0.2) is 9.84 Å². The number of hydrogen-bond acceptors (Lipinski definition) is 4. The van der Waals surface area contributed by atoms with E-state index in [1.54, 1.807) is 0 Å². The van der Waals surface area contributed by atoms with E-state index in [4.69, 9.17) is 5.73 Å². The molecule has 0 aromatic rings. The van der Waals surface area contributed by atoms with Crippen LogP contribution in [0.2, 0.25) is 0 Å². The van der Waals surface area contributed by atoms with Crippen LogP contribution < -0.4 is 5.73 Å². The van der Waals surface area contributed by atoms with Gasteiger partial charge in [-0.25, -0.2) is 8.42 Å². The fourth-order valence-corrected chi connectivity index (χ4v) is 1.09. The molecule has 1 unspecified atom stereocenters. The minimum Gasteiger partial charge on any atom is -0.310 e. The molecule has 1 aliphatic heterocycles.